The second kappa shape index (κ2) is 15.6. The molecule has 0 radical (unpaired) electrons. The summed E-state index contributed by atoms with van der Waals surface area (Å²) in [7, 11) is -4.26. The van der Waals surface area contributed by atoms with Crippen LogP contribution in [0.2, 0.25) is 15.1 Å². The number of hydrogen-bond acceptors (Lipinski definition) is 4. The lowest BCUT2D eigenvalue weighted by molar-refractivity contribution is -0.140. The molecule has 4 rings (SSSR count). The van der Waals surface area contributed by atoms with Crippen LogP contribution < -0.4 is 9.62 Å². The molecule has 4 aromatic carbocycles. The smallest absolute Gasteiger partial charge is 0.264 e. The van der Waals surface area contributed by atoms with Gasteiger partial charge in [-0.3, -0.25) is 13.9 Å². The molecule has 0 saturated heterocycles. The molecule has 1 N–H and O–H groups in total. The number of carbonyl (C=O) groups is 2. The number of halogens is 3. The molecule has 4 aromatic rings. The minimum atomic E-state index is -4.26. The number of benzene rings is 4. The quantitative estimate of drug-likeness (QED) is 0.160. The topological polar surface area (TPSA) is 86.8 Å². The number of sulfonamides is 1. The van der Waals surface area contributed by atoms with Gasteiger partial charge in [0.1, 0.15) is 12.6 Å². The van der Waals surface area contributed by atoms with Crippen LogP contribution in [-0.2, 0) is 32.6 Å². The van der Waals surface area contributed by atoms with Gasteiger partial charge in [0, 0.05) is 40.1 Å². The summed E-state index contributed by atoms with van der Waals surface area (Å²) in [5, 5.41) is 3.88. The van der Waals surface area contributed by atoms with Crippen LogP contribution in [0.5, 0.6) is 0 Å². The molecule has 0 unspecified atom stereocenters. The Morgan fingerprint density at radius 1 is 0.800 bits per heavy atom. The van der Waals surface area contributed by atoms with Gasteiger partial charge in [-0.25, -0.2) is 8.42 Å². The largest absolute Gasteiger partial charge is 0.354 e. The van der Waals surface area contributed by atoms with Crippen molar-refractivity contribution in [1.29, 1.82) is 0 Å². The van der Waals surface area contributed by atoms with Crippen molar-refractivity contribution in [3.8, 4) is 0 Å². The van der Waals surface area contributed by atoms with E-state index in [9.17, 15) is 18.0 Å². The first-order chi connectivity index (χ1) is 21.5. The van der Waals surface area contributed by atoms with Crippen molar-refractivity contribution in [3.63, 3.8) is 0 Å². The molecule has 0 saturated carbocycles. The van der Waals surface area contributed by atoms with Gasteiger partial charge in [0.25, 0.3) is 10.0 Å². The first-order valence-electron chi connectivity index (χ1n) is 14.4. The Morgan fingerprint density at radius 3 is 2.00 bits per heavy atom. The Kier molecular flexibility index (Phi) is 11.9. The van der Waals surface area contributed by atoms with Gasteiger partial charge in [0.2, 0.25) is 11.8 Å². The molecule has 0 aliphatic carbocycles. The lowest BCUT2D eigenvalue weighted by Gasteiger charge is -2.34. The van der Waals surface area contributed by atoms with Crippen LogP contribution in [-0.4, -0.2) is 44.3 Å². The van der Waals surface area contributed by atoms with E-state index in [0.29, 0.717) is 39.2 Å². The number of amides is 2. The predicted molar refractivity (Wildman–Crippen MR) is 181 cm³/mol. The number of hydrogen-bond donors (Lipinski definition) is 1. The molecule has 45 heavy (non-hydrogen) atoms. The second-order valence-corrected chi connectivity index (χ2v) is 13.5. The maximum atomic E-state index is 14.6. The SMILES string of the molecule is CCCNC(=O)[C@H](Cc1ccccc1)N(Cc1c(Cl)cccc1Cl)C(=O)CN(c1cccc(Cl)c1C)S(=O)(=O)c1ccccc1. The van der Waals surface area contributed by atoms with Crippen molar-refractivity contribution in [1.82, 2.24) is 10.2 Å². The zero-order valence-corrected chi connectivity index (χ0v) is 28.0. The molecule has 7 nitrogen and oxygen atoms in total. The average molecular weight is 687 g/mol. The molecule has 2 amide bonds. The van der Waals surface area contributed by atoms with Gasteiger partial charge in [-0.05, 0) is 60.9 Å². The van der Waals surface area contributed by atoms with Gasteiger partial charge in [0.05, 0.1) is 10.6 Å². The van der Waals surface area contributed by atoms with E-state index < -0.39 is 28.5 Å². The first-order valence-corrected chi connectivity index (χ1v) is 17.0. The van der Waals surface area contributed by atoms with Gasteiger partial charge < -0.3 is 10.2 Å². The number of anilines is 1. The van der Waals surface area contributed by atoms with Crippen LogP contribution in [0.15, 0.2) is 102 Å². The van der Waals surface area contributed by atoms with Crippen molar-refractivity contribution in [2.75, 3.05) is 17.4 Å². The number of nitrogens with zero attached hydrogens (tertiary/aromatic N) is 2. The Morgan fingerprint density at radius 2 is 1.38 bits per heavy atom. The van der Waals surface area contributed by atoms with Gasteiger partial charge in [-0.15, -0.1) is 0 Å². The van der Waals surface area contributed by atoms with Crippen LogP contribution in [0.3, 0.4) is 0 Å². The van der Waals surface area contributed by atoms with E-state index in [-0.39, 0.29) is 29.5 Å². The van der Waals surface area contributed by atoms with Crippen LogP contribution >= 0.6 is 34.8 Å². The predicted octanol–water partition coefficient (Wildman–Crippen LogP) is 7.32. The summed E-state index contributed by atoms with van der Waals surface area (Å²) in [5.41, 5.74) is 1.97. The molecular formula is C34H34Cl3N3O4S. The van der Waals surface area contributed by atoms with E-state index in [1.807, 2.05) is 37.3 Å². The highest BCUT2D eigenvalue weighted by molar-refractivity contribution is 7.92. The number of rotatable bonds is 13. The van der Waals surface area contributed by atoms with Crippen LogP contribution in [0.1, 0.15) is 30.0 Å². The summed E-state index contributed by atoms with van der Waals surface area (Å²) in [4.78, 5) is 29.7. The molecule has 0 bridgehead atoms. The lowest BCUT2D eigenvalue weighted by Crippen LogP contribution is -2.53. The molecule has 236 valence electrons. The third kappa shape index (κ3) is 8.38. The fraction of sp³-hybridized carbons (Fsp3) is 0.235. The molecule has 0 aliphatic heterocycles. The van der Waals surface area contributed by atoms with E-state index in [0.717, 1.165) is 9.87 Å². The van der Waals surface area contributed by atoms with E-state index in [1.54, 1.807) is 61.5 Å². The third-order valence-corrected chi connectivity index (χ3v) is 10.2. The Hall–Kier alpha value is -3.56. The number of nitrogens with one attached hydrogen (secondary N) is 1. The third-order valence-electron chi connectivity index (χ3n) is 7.33. The Bertz CT molecular complexity index is 1720. The van der Waals surface area contributed by atoms with Crippen LogP contribution in [0, 0.1) is 6.92 Å². The van der Waals surface area contributed by atoms with Crippen LogP contribution in [0.25, 0.3) is 0 Å². The van der Waals surface area contributed by atoms with Crippen molar-refractivity contribution in [2.45, 2.75) is 44.2 Å². The zero-order valence-electron chi connectivity index (χ0n) is 24.9. The molecule has 0 aliphatic rings. The summed E-state index contributed by atoms with van der Waals surface area (Å²) < 4.78 is 29.3. The fourth-order valence-corrected chi connectivity index (χ4v) is 7.05. The Balaban J connectivity index is 1.85. The Labute approximate surface area is 279 Å². The molecular weight excluding hydrogens is 653 g/mol. The maximum absolute atomic E-state index is 14.6. The highest BCUT2D eigenvalue weighted by atomic mass is 35.5. The minimum Gasteiger partial charge on any atom is -0.354 e. The van der Waals surface area contributed by atoms with E-state index in [4.69, 9.17) is 34.8 Å². The standard InChI is InChI=1S/C34H34Cl3N3O4S/c1-3-20-38-34(42)32(21-25-12-6-4-7-13-25)39(22-27-29(36)17-10-18-30(27)37)33(41)23-40(31-19-11-16-28(35)24(31)2)45(43,44)26-14-8-5-9-15-26/h4-19,32H,3,20-23H2,1-2H3,(H,38,42)/t32-/m0/s1. The molecule has 11 heteroatoms. The second-order valence-electron chi connectivity index (χ2n) is 10.4. The molecule has 0 fully saturated rings. The normalized spacial score (nSPS) is 11.9. The molecule has 0 spiro atoms. The highest BCUT2D eigenvalue weighted by Crippen LogP contribution is 2.32. The fourth-order valence-electron chi connectivity index (χ4n) is 4.87. The van der Waals surface area contributed by atoms with Crippen molar-refractivity contribution in [2.24, 2.45) is 0 Å². The van der Waals surface area contributed by atoms with Crippen molar-refractivity contribution < 1.29 is 18.0 Å². The van der Waals surface area contributed by atoms with Gasteiger partial charge in [-0.2, -0.15) is 0 Å². The lowest BCUT2D eigenvalue weighted by atomic mass is 10.0. The van der Waals surface area contributed by atoms with E-state index in [1.165, 1.54) is 17.0 Å². The minimum absolute atomic E-state index is 0.000557. The molecule has 0 heterocycles. The van der Waals surface area contributed by atoms with E-state index >= 15 is 0 Å². The summed E-state index contributed by atoms with van der Waals surface area (Å²) in [5.74, 6) is -1.01. The molecule has 0 aromatic heterocycles. The first kappa shape index (κ1) is 34.3. The molecule has 1 atom stereocenters. The van der Waals surface area contributed by atoms with E-state index in [2.05, 4.69) is 5.32 Å². The maximum Gasteiger partial charge on any atom is 0.264 e. The van der Waals surface area contributed by atoms with Gasteiger partial charge in [0.15, 0.2) is 0 Å². The van der Waals surface area contributed by atoms with Crippen molar-refractivity contribution in [3.05, 3.63) is 129 Å². The zero-order chi connectivity index (χ0) is 32.6. The average Bonchev–Trinajstić information content (AvgIpc) is 3.03. The van der Waals surface area contributed by atoms with Gasteiger partial charge in [-0.1, -0.05) is 102 Å². The number of carbonyl (C=O) groups excluding carboxylic acids is 2. The monoisotopic (exact) mass is 685 g/mol. The van der Waals surface area contributed by atoms with Gasteiger partial charge >= 0.3 is 0 Å². The summed E-state index contributed by atoms with van der Waals surface area (Å²) in [6.07, 6.45) is 0.858. The van der Waals surface area contributed by atoms with Crippen LogP contribution in [0.4, 0.5) is 5.69 Å². The highest BCUT2D eigenvalue weighted by Gasteiger charge is 2.35. The summed E-state index contributed by atoms with van der Waals surface area (Å²) >= 11 is 19.5. The van der Waals surface area contributed by atoms with Crippen molar-refractivity contribution >= 4 is 62.3 Å². The summed E-state index contributed by atoms with van der Waals surface area (Å²) in [6, 6.07) is 26.0. The summed E-state index contributed by atoms with van der Waals surface area (Å²) in [6.45, 7) is 3.26.